The third-order valence-electron chi connectivity index (χ3n) is 4.37. The lowest BCUT2D eigenvalue weighted by molar-refractivity contribution is -0.895. The topological polar surface area (TPSA) is 9.37 Å². The van der Waals surface area contributed by atoms with Gasteiger partial charge < -0.3 is 9.47 Å². The Bertz CT molecular complexity index is 756. The first-order valence-electron chi connectivity index (χ1n) is 7.32. The van der Waals surface area contributed by atoms with Crippen molar-refractivity contribution in [2.45, 2.75) is 13.0 Å². The molecule has 100 valence electrons. The number of nitrogens with one attached hydrogen (secondary N) is 1. The molecule has 0 bridgehead atoms. The lowest BCUT2D eigenvalue weighted by Gasteiger charge is -2.21. The first kappa shape index (κ1) is 11.7. The average Bonchev–Trinajstić information content (AvgIpc) is 2.82. The van der Waals surface area contributed by atoms with Crippen molar-refractivity contribution in [3.63, 3.8) is 0 Å². The zero-order valence-electron chi connectivity index (χ0n) is 11.8. The molecule has 3 aromatic rings. The van der Waals surface area contributed by atoms with Gasteiger partial charge in [-0.25, -0.2) is 0 Å². The highest BCUT2D eigenvalue weighted by Gasteiger charge is 2.24. The largest absolute Gasteiger partial charge is 0.333 e. The highest BCUT2D eigenvalue weighted by molar-refractivity contribution is 5.87. The molecule has 1 N–H and O–H groups in total. The Balaban J connectivity index is 2.06. The van der Waals surface area contributed by atoms with Crippen molar-refractivity contribution in [1.29, 1.82) is 0 Å². The average molecular weight is 263 g/mol. The molecule has 0 amide bonds. The van der Waals surface area contributed by atoms with Gasteiger partial charge in [0.25, 0.3) is 0 Å². The summed E-state index contributed by atoms with van der Waals surface area (Å²) in [5, 5.41) is 1.42. The summed E-state index contributed by atoms with van der Waals surface area (Å²) in [6.07, 6.45) is 1.16. The highest BCUT2D eigenvalue weighted by Crippen LogP contribution is 2.30. The van der Waals surface area contributed by atoms with E-state index in [4.69, 9.17) is 0 Å². The molecular weight excluding hydrogens is 244 g/mol. The predicted octanol–water partition coefficient (Wildman–Crippen LogP) is 2.20. The summed E-state index contributed by atoms with van der Waals surface area (Å²) in [6.45, 7) is 2.35. The fourth-order valence-corrected chi connectivity index (χ4v) is 3.41. The van der Waals surface area contributed by atoms with E-state index in [2.05, 4.69) is 66.2 Å². The minimum absolute atomic E-state index is 1.13. The molecule has 2 heterocycles. The molecule has 2 aromatic carbocycles. The Kier molecular flexibility index (Phi) is 2.64. The summed E-state index contributed by atoms with van der Waals surface area (Å²) >= 11 is 0. The van der Waals surface area contributed by atoms with Gasteiger partial charge in [-0.05, 0) is 18.2 Å². The number of fused-ring (bicyclic) bond motifs is 3. The molecule has 0 aliphatic carbocycles. The van der Waals surface area contributed by atoms with Crippen molar-refractivity contribution >= 4 is 10.9 Å². The Labute approximate surface area is 119 Å². The summed E-state index contributed by atoms with van der Waals surface area (Å²) in [5.41, 5.74) is 5.67. The lowest BCUT2D eigenvalue weighted by Crippen LogP contribution is -3.08. The molecule has 1 aliphatic rings. The number of para-hydroxylation sites is 2. The van der Waals surface area contributed by atoms with Gasteiger partial charge in [-0.3, -0.25) is 0 Å². The lowest BCUT2D eigenvalue weighted by atomic mass is 10.1. The molecule has 0 radical (unpaired) electrons. The van der Waals surface area contributed by atoms with Gasteiger partial charge in [-0.15, -0.1) is 0 Å². The summed E-state index contributed by atoms with van der Waals surface area (Å²) < 4.78 is 2.46. The SMILES string of the molecule is C[NH+]1CCc2c(c3ccccc3n2-c2ccccc2)C1. The zero-order chi connectivity index (χ0) is 13.5. The minimum atomic E-state index is 1.13. The second kappa shape index (κ2) is 4.50. The van der Waals surface area contributed by atoms with Crippen LogP contribution in [0.15, 0.2) is 54.6 Å². The number of rotatable bonds is 1. The normalized spacial score (nSPS) is 18.1. The van der Waals surface area contributed by atoms with Crippen LogP contribution in [0.5, 0.6) is 0 Å². The molecule has 20 heavy (non-hydrogen) atoms. The number of nitrogens with zero attached hydrogens (tertiary/aromatic N) is 1. The number of aromatic nitrogens is 1. The van der Waals surface area contributed by atoms with Crippen LogP contribution in [-0.4, -0.2) is 18.2 Å². The fourth-order valence-electron chi connectivity index (χ4n) is 3.41. The van der Waals surface area contributed by atoms with E-state index in [1.54, 1.807) is 4.90 Å². The van der Waals surface area contributed by atoms with E-state index in [-0.39, 0.29) is 0 Å². The number of likely N-dealkylation sites (N-methyl/N-ethyl adjacent to an activating group) is 1. The molecule has 1 aliphatic heterocycles. The summed E-state index contributed by atoms with van der Waals surface area (Å²) in [4.78, 5) is 1.61. The van der Waals surface area contributed by atoms with Crippen LogP contribution in [-0.2, 0) is 13.0 Å². The minimum Gasteiger partial charge on any atom is -0.333 e. The van der Waals surface area contributed by atoms with Gasteiger partial charge in [-0.1, -0.05) is 36.4 Å². The number of quaternary nitrogens is 1. The van der Waals surface area contributed by atoms with Gasteiger partial charge in [0.1, 0.15) is 6.54 Å². The summed E-state index contributed by atoms with van der Waals surface area (Å²) in [5.74, 6) is 0. The van der Waals surface area contributed by atoms with Crippen LogP contribution >= 0.6 is 0 Å². The third-order valence-corrected chi connectivity index (χ3v) is 4.37. The highest BCUT2D eigenvalue weighted by atomic mass is 15.1. The van der Waals surface area contributed by atoms with Crippen LogP contribution in [0.4, 0.5) is 0 Å². The van der Waals surface area contributed by atoms with Gasteiger partial charge >= 0.3 is 0 Å². The molecule has 0 saturated carbocycles. The second-order valence-electron chi connectivity index (χ2n) is 5.75. The second-order valence-corrected chi connectivity index (χ2v) is 5.75. The van der Waals surface area contributed by atoms with Crippen LogP contribution < -0.4 is 4.90 Å². The van der Waals surface area contributed by atoms with Gasteiger partial charge in [0.2, 0.25) is 0 Å². The van der Waals surface area contributed by atoms with Crippen molar-refractivity contribution in [3.8, 4) is 5.69 Å². The predicted molar refractivity (Wildman–Crippen MR) is 82.4 cm³/mol. The molecule has 0 spiro atoms. The van der Waals surface area contributed by atoms with Gasteiger partial charge in [0.15, 0.2) is 0 Å². The quantitative estimate of drug-likeness (QED) is 0.689. The fraction of sp³-hybridized carbons (Fsp3) is 0.222. The van der Waals surface area contributed by atoms with Crippen molar-refractivity contribution in [3.05, 3.63) is 65.9 Å². The third kappa shape index (κ3) is 1.69. The molecule has 1 unspecified atom stereocenters. The van der Waals surface area contributed by atoms with E-state index < -0.39 is 0 Å². The van der Waals surface area contributed by atoms with Crippen molar-refractivity contribution in [2.75, 3.05) is 13.6 Å². The molecule has 0 saturated heterocycles. The van der Waals surface area contributed by atoms with Gasteiger partial charge in [0.05, 0.1) is 19.1 Å². The Morgan fingerprint density at radius 1 is 0.950 bits per heavy atom. The first-order chi connectivity index (χ1) is 9.84. The Morgan fingerprint density at radius 3 is 2.55 bits per heavy atom. The molecule has 0 fully saturated rings. The van der Waals surface area contributed by atoms with E-state index in [9.17, 15) is 0 Å². The van der Waals surface area contributed by atoms with E-state index >= 15 is 0 Å². The van der Waals surface area contributed by atoms with Crippen LogP contribution in [0.25, 0.3) is 16.6 Å². The van der Waals surface area contributed by atoms with Gasteiger partial charge in [0, 0.05) is 28.8 Å². The van der Waals surface area contributed by atoms with Crippen LogP contribution in [0.2, 0.25) is 0 Å². The number of benzene rings is 2. The molecule has 2 nitrogen and oxygen atoms in total. The monoisotopic (exact) mass is 263 g/mol. The van der Waals surface area contributed by atoms with Crippen molar-refractivity contribution < 1.29 is 4.90 Å². The molecule has 1 aromatic heterocycles. The Hall–Kier alpha value is -2.06. The summed E-state index contributed by atoms with van der Waals surface area (Å²) in [7, 11) is 2.29. The summed E-state index contributed by atoms with van der Waals surface area (Å²) in [6, 6.07) is 19.6. The molecular formula is C18H19N2+. The van der Waals surface area contributed by atoms with E-state index in [1.165, 1.54) is 34.4 Å². The standard InChI is InChI=1S/C18H18N2/c1-19-12-11-18-16(13-19)15-9-5-6-10-17(15)20(18)14-7-3-2-4-8-14/h2-10H,11-13H2,1H3/p+1. The van der Waals surface area contributed by atoms with E-state index in [1.807, 2.05) is 0 Å². The first-order valence-corrected chi connectivity index (χ1v) is 7.32. The smallest absolute Gasteiger partial charge is 0.105 e. The molecule has 2 heteroatoms. The van der Waals surface area contributed by atoms with Crippen LogP contribution in [0, 0.1) is 0 Å². The van der Waals surface area contributed by atoms with E-state index in [0.717, 1.165) is 13.0 Å². The van der Waals surface area contributed by atoms with Crippen molar-refractivity contribution in [1.82, 2.24) is 4.57 Å². The molecule has 4 rings (SSSR count). The van der Waals surface area contributed by atoms with Crippen molar-refractivity contribution in [2.24, 2.45) is 0 Å². The van der Waals surface area contributed by atoms with Crippen LogP contribution in [0.1, 0.15) is 11.3 Å². The maximum atomic E-state index is 2.46. The zero-order valence-corrected chi connectivity index (χ0v) is 11.8. The van der Waals surface area contributed by atoms with E-state index in [0.29, 0.717) is 0 Å². The van der Waals surface area contributed by atoms with Crippen LogP contribution in [0.3, 0.4) is 0 Å². The van der Waals surface area contributed by atoms with Gasteiger partial charge in [-0.2, -0.15) is 0 Å². The number of hydrogen-bond donors (Lipinski definition) is 1. The maximum Gasteiger partial charge on any atom is 0.105 e. The Morgan fingerprint density at radius 2 is 1.70 bits per heavy atom. The molecule has 1 atom stereocenters. The maximum absolute atomic E-state index is 2.46. The number of hydrogen-bond acceptors (Lipinski definition) is 0.